The van der Waals surface area contributed by atoms with E-state index in [9.17, 15) is 22.4 Å². The average molecular weight is 199 g/mol. The standard InChI is InChI=1S/C7H7F4O2/c1-2-3-4-13-6(12)7(10,11)5(8)9/h2H,1,3-4H2. The van der Waals surface area contributed by atoms with Gasteiger partial charge in [-0.25, -0.2) is 4.79 Å². The molecule has 2 nitrogen and oxygen atoms in total. The molecule has 0 N–H and O–H groups in total. The molecule has 0 heterocycles. The van der Waals surface area contributed by atoms with Crippen LogP contribution in [0.15, 0.2) is 12.7 Å². The minimum absolute atomic E-state index is 0.135. The Morgan fingerprint density at radius 1 is 1.46 bits per heavy atom. The molecule has 0 fully saturated rings. The van der Waals surface area contributed by atoms with Gasteiger partial charge < -0.3 is 4.74 Å². The van der Waals surface area contributed by atoms with Crippen LogP contribution in [0.4, 0.5) is 17.6 Å². The van der Waals surface area contributed by atoms with E-state index in [4.69, 9.17) is 0 Å². The van der Waals surface area contributed by atoms with Crippen molar-refractivity contribution in [1.29, 1.82) is 0 Å². The number of halogens is 4. The highest BCUT2D eigenvalue weighted by Crippen LogP contribution is 2.30. The van der Waals surface area contributed by atoms with Crippen molar-refractivity contribution in [3.8, 4) is 0 Å². The van der Waals surface area contributed by atoms with E-state index in [1.807, 2.05) is 0 Å². The lowest BCUT2D eigenvalue weighted by Crippen LogP contribution is -2.34. The second-order valence-electron chi connectivity index (χ2n) is 2.05. The Balaban J connectivity index is 4.02. The van der Waals surface area contributed by atoms with E-state index in [0.717, 1.165) is 0 Å². The molecule has 0 saturated carbocycles. The molecule has 0 unspecified atom stereocenters. The van der Waals surface area contributed by atoms with E-state index >= 15 is 0 Å². The monoisotopic (exact) mass is 199 g/mol. The van der Waals surface area contributed by atoms with Crippen LogP contribution in [0.1, 0.15) is 6.42 Å². The van der Waals surface area contributed by atoms with Crippen LogP contribution in [0.3, 0.4) is 0 Å². The first-order chi connectivity index (χ1) is 5.92. The second kappa shape index (κ2) is 4.84. The van der Waals surface area contributed by atoms with Crippen LogP contribution in [-0.4, -0.2) is 18.5 Å². The summed E-state index contributed by atoms with van der Waals surface area (Å²) in [6.45, 7) is 2.84. The molecule has 1 radical (unpaired) electrons. The van der Waals surface area contributed by atoms with Gasteiger partial charge in [0, 0.05) is 0 Å². The molecule has 0 aromatic rings. The van der Waals surface area contributed by atoms with Crippen LogP contribution < -0.4 is 0 Å². The van der Waals surface area contributed by atoms with Gasteiger partial charge in [0.05, 0.1) is 6.61 Å². The number of alkyl halides is 2. The number of carbonyl (C=O) groups excluding carboxylic acids is 1. The van der Waals surface area contributed by atoms with E-state index in [0.29, 0.717) is 0 Å². The van der Waals surface area contributed by atoms with Crippen molar-refractivity contribution in [3.63, 3.8) is 0 Å². The Hall–Kier alpha value is -1.07. The molecule has 0 aromatic carbocycles. The first kappa shape index (κ1) is 11.9. The lowest BCUT2D eigenvalue weighted by Gasteiger charge is -2.11. The Bertz CT molecular complexity index is 191. The predicted octanol–water partition coefficient (Wildman–Crippen LogP) is 2.17. The van der Waals surface area contributed by atoms with Crippen LogP contribution in [0, 0.1) is 6.43 Å². The van der Waals surface area contributed by atoms with E-state index < -0.39 is 18.3 Å². The Labute approximate surface area is 72.2 Å². The van der Waals surface area contributed by atoms with Gasteiger partial charge >= 0.3 is 18.3 Å². The van der Waals surface area contributed by atoms with Crippen molar-refractivity contribution in [3.05, 3.63) is 19.1 Å². The Kier molecular flexibility index (Phi) is 4.44. The zero-order valence-corrected chi connectivity index (χ0v) is 6.53. The molecule has 0 aliphatic carbocycles. The average Bonchev–Trinajstić information content (AvgIpc) is 2.04. The SMILES string of the molecule is C=CCCOC(=O)C(F)(F)[C](F)F. The molecule has 0 rings (SSSR count). The van der Waals surface area contributed by atoms with Crippen LogP contribution >= 0.6 is 0 Å². The lowest BCUT2D eigenvalue weighted by atomic mass is 10.3. The molecule has 0 amide bonds. The van der Waals surface area contributed by atoms with Crippen molar-refractivity contribution in [1.82, 2.24) is 0 Å². The third kappa shape index (κ3) is 3.43. The highest BCUT2D eigenvalue weighted by molar-refractivity contribution is 5.79. The zero-order valence-electron chi connectivity index (χ0n) is 6.53. The smallest absolute Gasteiger partial charge is 0.411 e. The summed E-state index contributed by atoms with van der Waals surface area (Å²) >= 11 is 0. The summed E-state index contributed by atoms with van der Waals surface area (Å²) in [5, 5.41) is 0. The lowest BCUT2D eigenvalue weighted by molar-refractivity contribution is -0.178. The predicted molar refractivity (Wildman–Crippen MR) is 36.2 cm³/mol. The van der Waals surface area contributed by atoms with Gasteiger partial charge in [0.2, 0.25) is 0 Å². The van der Waals surface area contributed by atoms with Gasteiger partial charge in [-0.3, -0.25) is 0 Å². The molecule has 0 bridgehead atoms. The van der Waals surface area contributed by atoms with Crippen molar-refractivity contribution in [2.75, 3.05) is 6.61 Å². The zero-order chi connectivity index (χ0) is 10.5. The topological polar surface area (TPSA) is 26.3 Å². The second-order valence-corrected chi connectivity index (χ2v) is 2.05. The molecule has 0 aliphatic heterocycles. The van der Waals surface area contributed by atoms with Crippen molar-refractivity contribution < 1.29 is 27.1 Å². The normalized spacial score (nSPS) is 11.5. The number of hydrogen-bond acceptors (Lipinski definition) is 2. The summed E-state index contributed by atoms with van der Waals surface area (Å²) in [6, 6.07) is 0. The Morgan fingerprint density at radius 2 is 2.00 bits per heavy atom. The molecule has 13 heavy (non-hydrogen) atoms. The van der Waals surface area contributed by atoms with Crippen molar-refractivity contribution >= 4 is 5.97 Å². The molecular formula is C7H7F4O2. The maximum absolute atomic E-state index is 12.1. The van der Waals surface area contributed by atoms with Crippen LogP contribution in [0.2, 0.25) is 0 Å². The number of carbonyl (C=O) groups is 1. The van der Waals surface area contributed by atoms with Crippen LogP contribution in [0.5, 0.6) is 0 Å². The van der Waals surface area contributed by atoms with Crippen LogP contribution in [0.25, 0.3) is 0 Å². The largest absolute Gasteiger partial charge is 0.461 e. The summed E-state index contributed by atoms with van der Waals surface area (Å²) < 4.78 is 50.8. The van der Waals surface area contributed by atoms with Crippen LogP contribution in [-0.2, 0) is 9.53 Å². The highest BCUT2D eigenvalue weighted by Gasteiger charge is 2.52. The first-order valence-electron chi connectivity index (χ1n) is 3.27. The first-order valence-corrected chi connectivity index (χ1v) is 3.27. The van der Waals surface area contributed by atoms with Gasteiger partial charge in [0.15, 0.2) is 0 Å². The minimum Gasteiger partial charge on any atom is -0.461 e. The van der Waals surface area contributed by atoms with Gasteiger partial charge in [-0.1, -0.05) is 6.08 Å². The molecule has 75 valence electrons. The molecule has 0 atom stereocenters. The number of rotatable bonds is 5. The van der Waals surface area contributed by atoms with Gasteiger partial charge in [0.25, 0.3) is 0 Å². The highest BCUT2D eigenvalue weighted by atomic mass is 19.3. The van der Waals surface area contributed by atoms with Crippen molar-refractivity contribution in [2.45, 2.75) is 12.3 Å². The third-order valence-corrected chi connectivity index (χ3v) is 1.05. The van der Waals surface area contributed by atoms with E-state index in [-0.39, 0.29) is 13.0 Å². The number of hydrogen-bond donors (Lipinski definition) is 0. The number of ether oxygens (including phenoxy) is 1. The Morgan fingerprint density at radius 3 is 2.38 bits per heavy atom. The fraction of sp³-hybridized carbons (Fsp3) is 0.429. The molecule has 0 aromatic heterocycles. The maximum atomic E-state index is 12.1. The fourth-order valence-corrected chi connectivity index (χ4v) is 0.403. The third-order valence-electron chi connectivity index (χ3n) is 1.05. The van der Waals surface area contributed by atoms with E-state index in [1.54, 1.807) is 0 Å². The summed E-state index contributed by atoms with van der Waals surface area (Å²) in [4.78, 5) is 10.3. The quantitative estimate of drug-likeness (QED) is 0.293. The maximum Gasteiger partial charge on any atom is 0.411 e. The summed E-state index contributed by atoms with van der Waals surface area (Å²) in [7, 11) is 0. The number of esters is 1. The summed E-state index contributed by atoms with van der Waals surface area (Å²) in [5.41, 5.74) is 0. The van der Waals surface area contributed by atoms with E-state index in [1.165, 1.54) is 6.08 Å². The molecular weight excluding hydrogens is 192 g/mol. The fourth-order valence-electron chi connectivity index (χ4n) is 0.403. The molecule has 0 saturated heterocycles. The summed E-state index contributed by atoms with van der Waals surface area (Å²) in [5.74, 6) is -7.05. The summed E-state index contributed by atoms with van der Waals surface area (Å²) in [6.07, 6.45) is -1.83. The molecule has 0 aliphatic rings. The van der Waals surface area contributed by atoms with Gasteiger partial charge in [-0.05, 0) is 6.42 Å². The van der Waals surface area contributed by atoms with Crippen molar-refractivity contribution in [2.24, 2.45) is 0 Å². The molecule has 6 heteroatoms. The van der Waals surface area contributed by atoms with Gasteiger partial charge in [0.1, 0.15) is 0 Å². The minimum atomic E-state index is -4.80. The molecule has 0 spiro atoms. The van der Waals surface area contributed by atoms with Gasteiger partial charge in [-0.15, -0.1) is 6.58 Å². The van der Waals surface area contributed by atoms with E-state index in [2.05, 4.69) is 11.3 Å². The van der Waals surface area contributed by atoms with Gasteiger partial charge in [-0.2, -0.15) is 17.6 Å².